The van der Waals surface area contributed by atoms with Crippen LogP contribution in [0.2, 0.25) is 0 Å². The molecule has 0 aliphatic carbocycles. The van der Waals surface area contributed by atoms with E-state index in [1.807, 2.05) is 19.9 Å². The summed E-state index contributed by atoms with van der Waals surface area (Å²) < 4.78 is 11.0. The van der Waals surface area contributed by atoms with Crippen LogP contribution in [0.5, 0.6) is 5.75 Å². The second-order valence-corrected chi connectivity index (χ2v) is 6.18. The van der Waals surface area contributed by atoms with Crippen LogP contribution in [0.25, 0.3) is 0 Å². The quantitative estimate of drug-likeness (QED) is 0.779. The van der Waals surface area contributed by atoms with Crippen LogP contribution in [0.3, 0.4) is 0 Å². The number of ether oxygens (including phenoxy) is 2. The van der Waals surface area contributed by atoms with Gasteiger partial charge in [0.1, 0.15) is 12.3 Å². The predicted molar refractivity (Wildman–Crippen MR) is 82.7 cm³/mol. The van der Waals surface area contributed by atoms with Crippen LogP contribution in [-0.2, 0) is 19.7 Å². The lowest BCUT2D eigenvalue weighted by atomic mass is 9.86. The molecule has 21 heavy (non-hydrogen) atoms. The van der Waals surface area contributed by atoms with Crippen LogP contribution in [0.15, 0.2) is 16.6 Å². The Kier molecular flexibility index (Phi) is 4.27. The highest BCUT2D eigenvalue weighted by atomic mass is 79.9. The Hall–Kier alpha value is -1.56. The first-order valence-corrected chi connectivity index (χ1v) is 7.47. The first-order valence-electron chi connectivity index (χ1n) is 6.68. The number of hydrogen-bond acceptors (Lipinski definition) is 4. The minimum Gasteiger partial charge on any atom is -0.495 e. The number of amides is 1. The molecule has 0 spiro atoms. The van der Waals surface area contributed by atoms with E-state index >= 15 is 0 Å². The average molecular weight is 356 g/mol. The Labute approximate surface area is 132 Å². The van der Waals surface area contributed by atoms with Gasteiger partial charge >= 0.3 is 5.97 Å². The standard InChI is InChI=1S/C15H18BrNO4/c1-5-21-13(18)8-17-11-7-12(20-4)10(16)6-9(11)15(2,3)14(17)19/h6-7H,5,8H2,1-4H3. The number of rotatable bonds is 4. The van der Waals surface area contributed by atoms with E-state index in [2.05, 4.69) is 15.9 Å². The molecule has 0 N–H and O–H groups in total. The zero-order valence-electron chi connectivity index (χ0n) is 12.5. The third-order valence-electron chi connectivity index (χ3n) is 3.61. The summed E-state index contributed by atoms with van der Waals surface area (Å²) >= 11 is 3.43. The van der Waals surface area contributed by atoms with Gasteiger partial charge in [-0.25, -0.2) is 0 Å². The van der Waals surface area contributed by atoms with Gasteiger partial charge in [0, 0.05) is 6.07 Å². The van der Waals surface area contributed by atoms with Gasteiger partial charge in [-0.1, -0.05) is 0 Å². The third kappa shape index (κ3) is 2.64. The predicted octanol–water partition coefficient (Wildman–Crippen LogP) is 2.65. The third-order valence-corrected chi connectivity index (χ3v) is 4.23. The lowest BCUT2D eigenvalue weighted by Crippen LogP contribution is -2.39. The number of carbonyl (C=O) groups is 2. The summed E-state index contributed by atoms with van der Waals surface area (Å²) in [7, 11) is 1.56. The highest BCUT2D eigenvalue weighted by Gasteiger charge is 2.45. The maximum atomic E-state index is 12.6. The van der Waals surface area contributed by atoms with Gasteiger partial charge in [-0.2, -0.15) is 0 Å². The van der Waals surface area contributed by atoms with Crippen molar-refractivity contribution in [3.63, 3.8) is 0 Å². The van der Waals surface area contributed by atoms with Gasteiger partial charge in [-0.3, -0.25) is 14.5 Å². The Bertz CT molecular complexity index is 598. The summed E-state index contributed by atoms with van der Waals surface area (Å²) in [6.45, 7) is 5.63. The Morgan fingerprint density at radius 3 is 2.62 bits per heavy atom. The van der Waals surface area contributed by atoms with Crippen molar-refractivity contribution in [3.05, 3.63) is 22.2 Å². The van der Waals surface area contributed by atoms with E-state index in [1.165, 1.54) is 4.90 Å². The molecule has 0 saturated heterocycles. The number of carbonyl (C=O) groups excluding carboxylic acids is 2. The maximum Gasteiger partial charge on any atom is 0.326 e. The molecule has 0 unspecified atom stereocenters. The van der Waals surface area contributed by atoms with Crippen LogP contribution >= 0.6 is 15.9 Å². The van der Waals surface area contributed by atoms with Crippen molar-refractivity contribution in [2.45, 2.75) is 26.2 Å². The van der Waals surface area contributed by atoms with Crippen molar-refractivity contribution in [3.8, 4) is 5.75 Å². The normalized spacial score (nSPS) is 15.9. The fourth-order valence-electron chi connectivity index (χ4n) is 2.48. The van der Waals surface area contributed by atoms with E-state index < -0.39 is 11.4 Å². The number of fused-ring (bicyclic) bond motifs is 1. The fraction of sp³-hybridized carbons (Fsp3) is 0.467. The highest BCUT2D eigenvalue weighted by Crippen LogP contribution is 2.45. The Balaban J connectivity index is 2.47. The average Bonchev–Trinajstić information content (AvgIpc) is 2.60. The monoisotopic (exact) mass is 355 g/mol. The second-order valence-electron chi connectivity index (χ2n) is 5.33. The summed E-state index contributed by atoms with van der Waals surface area (Å²) in [6, 6.07) is 3.64. The minimum atomic E-state index is -0.684. The SMILES string of the molecule is CCOC(=O)CN1C(=O)C(C)(C)c2cc(Br)c(OC)cc21. The molecule has 2 rings (SSSR count). The number of methoxy groups -OCH3 is 1. The molecule has 0 aromatic heterocycles. The van der Waals surface area contributed by atoms with Crippen LogP contribution < -0.4 is 9.64 Å². The molecule has 1 aromatic carbocycles. The number of benzene rings is 1. The van der Waals surface area contributed by atoms with E-state index in [0.717, 1.165) is 10.0 Å². The van der Waals surface area contributed by atoms with E-state index in [4.69, 9.17) is 9.47 Å². The Morgan fingerprint density at radius 1 is 1.38 bits per heavy atom. The summed E-state index contributed by atoms with van der Waals surface area (Å²) in [5.41, 5.74) is 0.874. The molecular formula is C15H18BrNO4. The van der Waals surface area contributed by atoms with Crippen molar-refractivity contribution in [2.75, 3.05) is 25.2 Å². The zero-order chi connectivity index (χ0) is 15.8. The van der Waals surface area contributed by atoms with E-state index in [0.29, 0.717) is 18.0 Å². The summed E-state index contributed by atoms with van der Waals surface area (Å²) in [5, 5.41) is 0. The molecule has 5 nitrogen and oxygen atoms in total. The lowest BCUT2D eigenvalue weighted by molar-refractivity contribution is -0.142. The van der Waals surface area contributed by atoms with Crippen LogP contribution in [0.4, 0.5) is 5.69 Å². The first-order chi connectivity index (χ1) is 9.82. The van der Waals surface area contributed by atoms with Gasteiger partial charge in [0.25, 0.3) is 0 Å². The minimum absolute atomic E-state index is 0.0894. The number of hydrogen-bond donors (Lipinski definition) is 0. The smallest absolute Gasteiger partial charge is 0.326 e. The number of nitrogens with zero attached hydrogens (tertiary/aromatic N) is 1. The van der Waals surface area contributed by atoms with Gasteiger partial charge in [-0.05, 0) is 48.3 Å². The highest BCUT2D eigenvalue weighted by molar-refractivity contribution is 9.10. The van der Waals surface area contributed by atoms with Crippen LogP contribution in [0, 0.1) is 0 Å². The zero-order valence-corrected chi connectivity index (χ0v) is 14.1. The van der Waals surface area contributed by atoms with Crippen molar-refractivity contribution >= 4 is 33.5 Å². The molecule has 1 aliphatic rings. The number of anilines is 1. The van der Waals surface area contributed by atoms with Crippen LogP contribution in [0.1, 0.15) is 26.3 Å². The number of halogens is 1. The Morgan fingerprint density at radius 2 is 2.05 bits per heavy atom. The van der Waals surface area contributed by atoms with Crippen molar-refractivity contribution in [2.24, 2.45) is 0 Å². The van der Waals surface area contributed by atoms with E-state index in [9.17, 15) is 9.59 Å². The molecule has 0 fully saturated rings. The molecule has 0 atom stereocenters. The second kappa shape index (κ2) is 5.67. The van der Waals surface area contributed by atoms with Crippen LogP contribution in [-0.4, -0.2) is 32.1 Å². The fourth-order valence-corrected chi connectivity index (χ4v) is 2.98. The summed E-state index contributed by atoms with van der Waals surface area (Å²) in [5.74, 6) is 0.0789. The van der Waals surface area contributed by atoms with Gasteiger partial charge in [0.2, 0.25) is 5.91 Å². The number of esters is 1. The molecule has 1 aliphatic heterocycles. The molecule has 1 amide bonds. The molecule has 0 saturated carbocycles. The molecule has 0 bridgehead atoms. The molecule has 1 heterocycles. The van der Waals surface area contributed by atoms with Crippen molar-refractivity contribution < 1.29 is 19.1 Å². The van der Waals surface area contributed by atoms with Gasteiger partial charge in [-0.15, -0.1) is 0 Å². The summed E-state index contributed by atoms with van der Waals surface area (Å²) in [4.78, 5) is 25.8. The van der Waals surface area contributed by atoms with E-state index in [1.54, 1.807) is 20.1 Å². The van der Waals surface area contributed by atoms with Crippen molar-refractivity contribution in [1.82, 2.24) is 0 Å². The molecular weight excluding hydrogens is 338 g/mol. The first kappa shape index (κ1) is 15.8. The topological polar surface area (TPSA) is 55.8 Å². The summed E-state index contributed by atoms with van der Waals surface area (Å²) in [6.07, 6.45) is 0. The van der Waals surface area contributed by atoms with Gasteiger partial charge < -0.3 is 9.47 Å². The lowest BCUT2D eigenvalue weighted by Gasteiger charge is -2.19. The maximum absolute atomic E-state index is 12.6. The molecule has 6 heteroatoms. The molecule has 114 valence electrons. The van der Waals surface area contributed by atoms with E-state index in [-0.39, 0.29) is 12.5 Å². The van der Waals surface area contributed by atoms with Gasteiger partial charge in [0.15, 0.2) is 0 Å². The largest absolute Gasteiger partial charge is 0.495 e. The molecule has 1 aromatic rings. The molecule has 0 radical (unpaired) electrons. The van der Waals surface area contributed by atoms with Crippen molar-refractivity contribution in [1.29, 1.82) is 0 Å². The van der Waals surface area contributed by atoms with Gasteiger partial charge in [0.05, 0.1) is 29.3 Å².